The Labute approximate surface area is 115 Å². The van der Waals surface area contributed by atoms with E-state index < -0.39 is 10.0 Å². The van der Waals surface area contributed by atoms with Crippen LogP contribution in [0.5, 0.6) is 0 Å². The predicted molar refractivity (Wildman–Crippen MR) is 72.1 cm³/mol. The summed E-state index contributed by atoms with van der Waals surface area (Å²) in [7, 11) is -3.60. The van der Waals surface area contributed by atoms with Gasteiger partial charge in [-0.05, 0) is 6.54 Å². The van der Waals surface area contributed by atoms with Crippen molar-refractivity contribution in [2.24, 2.45) is 0 Å². The molecule has 0 aliphatic heterocycles. The Kier molecular flexibility index (Phi) is 4.64. The number of sulfonamides is 1. The molecule has 104 valence electrons. The molecule has 0 saturated heterocycles. The van der Waals surface area contributed by atoms with E-state index in [-0.39, 0.29) is 11.6 Å². The molecular weight excluding hydrogens is 286 g/mol. The van der Waals surface area contributed by atoms with Crippen LogP contribution in [0.2, 0.25) is 0 Å². The van der Waals surface area contributed by atoms with Gasteiger partial charge in [-0.2, -0.15) is 5.10 Å². The molecule has 2 aromatic heterocycles. The zero-order valence-electron chi connectivity index (χ0n) is 10.4. The van der Waals surface area contributed by atoms with Gasteiger partial charge in [-0.3, -0.25) is 5.10 Å². The molecule has 3 N–H and O–H groups in total. The maximum atomic E-state index is 12.1. The first-order chi connectivity index (χ1) is 9.13. The van der Waals surface area contributed by atoms with Crippen molar-refractivity contribution in [1.29, 1.82) is 0 Å². The summed E-state index contributed by atoms with van der Waals surface area (Å²) < 4.78 is 26.8. The van der Waals surface area contributed by atoms with E-state index in [1.54, 1.807) is 11.6 Å². The molecule has 19 heavy (non-hydrogen) atoms. The molecule has 0 saturated carbocycles. The fourth-order valence-corrected chi connectivity index (χ4v) is 3.25. The van der Waals surface area contributed by atoms with E-state index in [1.807, 2.05) is 6.92 Å². The highest BCUT2D eigenvalue weighted by molar-refractivity contribution is 7.89. The third-order valence-corrected chi connectivity index (χ3v) is 4.60. The summed E-state index contributed by atoms with van der Waals surface area (Å²) in [4.78, 5) is 4.03. The molecule has 0 aliphatic carbocycles. The Hall–Kier alpha value is -1.29. The SMILES string of the molecule is CCNCc1cn[nH]c1S(=O)(=O)NCc1nccs1. The zero-order valence-corrected chi connectivity index (χ0v) is 12.0. The molecule has 7 nitrogen and oxygen atoms in total. The zero-order chi connectivity index (χ0) is 13.7. The molecule has 0 fully saturated rings. The normalized spacial score (nSPS) is 11.8. The van der Waals surface area contributed by atoms with Crippen molar-refractivity contribution in [3.05, 3.63) is 28.3 Å². The van der Waals surface area contributed by atoms with E-state index in [2.05, 4.69) is 25.2 Å². The van der Waals surface area contributed by atoms with Gasteiger partial charge < -0.3 is 5.32 Å². The molecule has 0 amide bonds. The molecule has 2 rings (SSSR count). The van der Waals surface area contributed by atoms with E-state index in [9.17, 15) is 8.42 Å². The van der Waals surface area contributed by atoms with Crippen molar-refractivity contribution < 1.29 is 8.42 Å². The second-order valence-electron chi connectivity index (χ2n) is 3.76. The second kappa shape index (κ2) is 6.24. The summed E-state index contributed by atoms with van der Waals surface area (Å²) in [5.74, 6) is 0. The number of nitrogens with one attached hydrogen (secondary N) is 3. The largest absolute Gasteiger partial charge is 0.313 e. The van der Waals surface area contributed by atoms with Crippen molar-refractivity contribution in [2.45, 2.75) is 25.0 Å². The minimum absolute atomic E-state index is 0.102. The van der Waals surface area contributed by atoms with Gasteiger partial charge >= 0.3 is 0 Å². The molecule has 0 unspecified atom stereocenters. The first-order valence-electron chi connectivity index (χ1n) is 5.74. The van der Waals surface area contributed by atoms with E-state index in [0.717, 1.165) is 11.6 Å². The fourth-order valence-electron chi connectivity index (χ4n) is 1.49. The van der Waals surface area contributed by atoms with Crippen LogP contribution in [0.25, 0.3) is 0 Å². The molecule has 0 radical (unpaired) electrons. The minimum Gasteiger partial charge on any atom is -0.313 e. The van der Waals surface area contributed by atoms with Crippen molar-refractivity contribution in [3.63, 3.8) is 0 Å². The molecule has 9 heteroatoms. The fraction of sp³-hybridized carbons (Fsp3) is 0.400. The quantitative estimate of drug-likeness (QED) is 0.689. The number of aromatic amines is 1. The number of nitrogens with zero attached hydrogens (tertiary/aromatic N) is 2. The Bertz CT molecular complexity index is 606. The van der Waals surface area contributed by atoms with E-state index in [4.69, 9.17) is 0 Å². The third-order valence-electron chi connectivity index (χ3n) is 2.41. The molecule has 2 heterocycles. The number of H-pyrrole nitrogens is 1. The van der Waals surface area contributed by atoms with Crippen molar-refractivity contribution in [2.75, 3.05) is 6.54 Å². The first-order valence-corrected chi connectivity index (χ1v) is 8.10. The topological polar surface area (TPSA) is 99.8 Å². The maximum absolute atomic E-state index is 12.1. The smallest absolute Gasteiger partial charge is 0.258 e. The Balaban J connectivity index is 2.08. The van der Waals surface area contributed by atoms with Gasteiger partial charge in [0.1, 0.15) is 5.01 Å². The number of thiazole rings is 1. The monoisotopic (exact) mass is 301 g/mol. The van der Waals surface area contributed by atoms with Crippen LogP contribution in [0, 0.1) is 0 Å². The molecular formula is C10H15N5O2S2. The highest BCUT2D eigenvalue weighted by Crippen LogP contribution is 2.12. The van der Waals surface area contributed by atoms with E-state index >= 15 is 0 Å². The lowest BCUT2D eigenvalue weighted by atomic mass is 10.3. The standard InChI is InChI=1S/C10H15N5O2S2/c1-2-11-5-8-6-13-15-10(8)19(16,17)14-7-9-12-3-4-18-9/h3-4,6,11,14H,2,5,7H2,1H3,(H,13,15). The summed E-state index contributed by atoms with van der Waals surface area (Å²) in [6, 6.07) is 0. The van der Waals surface area contributed by atoms with Crippen LogP contribution in [-0.2, 0) is 23.1 Å². The van der Waals surface area contributed by atoms with Gasteiger partial charge in [0, 0.05) is 23.7 Å². The van der Waals surface area contributed by atoms with Crippen LogP contribution in [0.3, 0.4) is 0 Å². The number of aromatic nitrogens is 3. The molecule has 0 aromatic carbocycles. The lowest BCUT2D eigenvalue weighted by molar-refractivity contribution is 0.574. The highest BCUT2D eigenvalue weighted by atomic mass is 32.2. The molecule has 2 aromatic rings. The highest BCUT2D eigenvalue weighted by Gasteiger charge is 2.20. The number of hydrogen-bond acceptors (Lipinski definition) is 6. The summed E-state index contributed by atoms with van der Waals surface area (Å²) in [6.45, 7) is 3.35. The first kappa shape index (κ1) is 14.1. The van der Waals surface area contributed by atoms with Crippen LogP contribution >= 0.6 is 11.3 Å². The Morgan fingerprint density at radius 3 is 2.95 bits per heavy atom. The lowest BCUT2D eigenvalue weighted by Gasteiger charge is -2.06. The number of rotatable bonds is 7. The van der Waals surface area contributed by atoms with Crippen LogP contribution in [0.1, 0.15) is 17.5 Å². The van der Waals surface area contributed by atoms with Crippen molar-refractivity contribution in [1.82, 2.24) is 25.2 Å². The molecule has 0 atom stereocenters. The van der Waals surface area contributed by atoms with Gasteiger partial charge in [0.05, 0.1) is 12.7 Å². The second-order valence-corrected chi connectivity index (χ2v) is 6.44. The third kappa shape index (κ3) is 3.60. The van der Waals surface area contributed by atoms with E-state index in [0.29, 0.717) is 12.1 Å². The Morgan fingerprint density at radius 1 is 1.42 bits per heavy atom. The van der Waals surface area contributed by atoms with Crippen LogP contribution in [-0.4, -0.2) is 30.1 Å². The molecule has 0 spiro atoms. The molecule has 0 bridgehead atoms. The van der Waals surface area contributed by atoms with Crippen LogP contribution in [0.15, 0.2) is 22.8 Å². The predicted octanol–water partition coefficient (Wildman–Crippen LogP) is 0.454. The molecule has 0 aliphatic rings. The summed E-state index contributed by atoms with van der Waals surface area (Å²) >= 11 is 1.40. The van der Waals surface area contributed by atoms with Gasteiger partial charge in [-0.15, -0.1) is 11.3 Å². The van der Waals surface area contributed by atoms with E-state index in [1.165, 1.54) is 17.5 Å². The summed E-state index contributed by atoms with van der Waals surface area (Å²) in [6.07, 6.45) is 3.15. The van der Waals surface area contributed by atoms with Crippen LogP contribution < -0.4 is 10.0 Å². The minimum atomic E-state index is -3.60. The van der Waals surface area contributed by atoms with Gasteiger partial charge in [0.25, 0.3) is 10.0 Å². The van der Waals surface area contributed by atoms with Crippen molar-refractivity contribution >= 4 is 21.4 Å². The van der Waals surface area contributed by atoms with Crippen molar-refractivity contribution in [3.8, 4) is 0 Å². The average molecular weight is 301 g/mol. The lowest BCUT2D eigenvalue weighted by Crippen LogP contribution is -2.25. The van der Waals surface area contributed by atoms with Crippen LogP contribution in [0.4, 0.5) is 0 Å². The average Bonchev–Trinajstić information content (AvgIpc) is 3.05. The van der Waals surface area contributed by atoms with Gasteiger partial charge in [0.2, 0.25) is 0 Å². The van der Waals surface area contributed by atoms with Gasteiger partial charge in [-0.1, -0.05) is 6.92 Å². The summed E-state index contributed by atoms with van der Waals surface area (Å²) in [5.41, 5.74) is 0.619. The maximum Gasteiger partial charge on any atom is 0.258 e. The summed E-state index contributed by atoms with van der Waals surface area (Å²) in [5, 5.41) is 12.0. The number of hydrogen-bond donors (Lipinski definition) is 3. The van der Waals surface area contributed by atoms with Gasteiger partial charge in [0.15, 0.2) is 5.03 Å². The van der Waals surface area contributed by atoms with Gasteiger partial charge in [-0.25, -0.2) is 18.1 Å². The Morgan fingerprint density at radius 2 is 2.26 bits per heavy atom.